The molecule has 0 spiro atoms. The molecular weight excluding hydrogens is 390 g/mol. The van der Waals surface area contributed by atoms with Gasteiger partial charge >= 0.3 is 0 Å². The van der Waals surface area contributed by atoms with Crippen molar-refractivity contribution in [2.45, 2.75) is 0 Å². The topological polar surface area (TPSA) is 85.8 Å². The summed E-state index contributed by atoms with van der Waals surface area (Å²) in [4.78, 5) is 13.4. The fourth-order valence-corrected chi connectivity index (χ4v) is 3.37. The number of furan rings is 1. The van der Waals surface area contributed by atoms with Crippen molar-refractivity contribution in [3.05, 3.63) is 97.0 Å². The number of rotatable bonds is 5. The molecule has 0 atom stereocenters. The van der Waals surface area contributed by atoms with E-state index in [1.54, 1.807) is 24.5 Å². The number of nitrogens with one attached hydrogen (secondary N) is 1. The number of anilines is 1. The van der Waals surface area contributed by atoms with Crippen LogP contribution in [0.3, 0.4) is 0 Å². The largest absolute Gasteiger partial charge is 0.465 e. The number of nitrogens with zero attached hydrogens (tertiary/aromatic N) is 4. The molecule has 2 aromatic heterocycles. The van der Waals surface area contributed by atoms with Crippen molar-refractivity contribution < 1.29 is 9.21 Å². The molecule has 1 amide bonds. The second-order valence-corrected chi connectivity index (χ2v) is 6.81. The minimum Gasteiger partial charge on any atom is -0.465 e. The van der Waals surface area contributed by atoms with Gasteiger partial charge in [0.25, 0.3) is 5.91 Å². The highest BCUT2D eigenvalue weighted by atomic mass is 16.3. The molecule has 0 saturated carbocycles. The third-order valence-electron chi connectivity index (χ3n) is 4.82. The van der Waals surface area contributed by atoms with E-state index in [-0.39, 0.29) is 11.6 Å². The molecule has 1 N–H and O–H groups in total. The van der Waals surface area contributed by atoms with Gasteiger partial charge in [-0.15, -0.1) is 5.10 Å². The maximum atomic E-state index is 13.4. The molecule has 0 saturated heterocycles. The highest BCUT2D eigenvalue weighted by Crippen LogP contribution is 2.26. The van der Waals surface area contributed by atoms with E-state index in [2.05, 4.69) is 20.8 Å². The Hall–Kier alpha value is -4.52. The maximum Gasteiger partial charge on any atom is 0.274 e. The molecule has 150 valence electrons. The van der Waals surface area contributed by atoms with Crippen LogP contribution < -0.4 is 5.32 Å². The molecule has 7 nitrogen and oxygen atoms in total. The average Bonchev–Trinajstić information content (AvgIpc) is 3.50. The number of carbonyl (C=O) groups is 1. The first-order valence-corrected chi connectivity index (χ1v) is 9.68. The quantitative estimate of drug-likeness (QED) is 0.426. The van der Waals surface area contributed by atoms with Crippen LogP contribution in [0, 0.1) is 0 Å². The standard InChI is InChI=1S/C24H17N5O2/c30-24(25-21-14-6-11-17-8-4-5-13-20(17)21)22(16-19-12-7-15-31-19)29-23(26-27-28-29)18-9-2-1-3-10-18/h1-16H,(H,25,30)/b22-16-. The molecule has 2 heterocycles. The van der Waals surface area contributed by atoms with Gasteiger partial charge in [-0.25, -0.2) is 0 Å². The smallest absolute Gasteiger partial charge is 0.274 e. The van der Waals surface area contributed by atoms with Crippen LogP contribution in [-0.4, -0.2) is 26.1 Å². The minimum atomic E-state index is -0.364. The number of amides is 1. The molecule has 5 rings (SSSR count). The van der Waals surface area contributed by atoms with E-state index in [9.17, 15) is 4.79 Å². The van der Waals surface area contributed by atoms with Crippen LogP contribution >= 0.6 is 0 Å². The number of aromatic nitrogens is 4. The Bertz CT molecular complexity index is 1370. The van der Waals surface area contributed by atoms with Gasteiger partial charge in [-0.05, 0) is 34.0 Å². The van der Waals surface area contributed by atoms with Crippen LogP contribution in [0.25, 0.3) is 33.9 Å². The van der Waals surface area contributed by atoms with Crippen LogP contribution in [-0.2, 0) is 4.79 Å². The zero-order valence-electron chi connectivity index (χ0n) is 16.3. The lowest BCUT2D eigenvalue weighted by Crippen LogP contribution is -2.19. The Balaban J connectivity index is 1.58. The summed E-state index contributed by atoms with van der Waals surface area (Å²) in [5.74, 6) is 0.598. The van der Waals surface area contributed by atoms with Gasteiger partial charge in [0, 0.05) is 22.7 Å². The van der Waals surface area contributed by atoms with Crippen LogP contribution in [0.4, 0.5) is 5.69 Å². The predicted molar refractivity (Wildman–Crippen MR) is 119 cm³/mol. The van der Waals surface area contributed by atoms with Crippen molar-refractivity contribution in [2.24, 2.45) is 0 Å². The van der Waals surface area contributed by atoms with Gasteiger partial charge in [-0.3, -0.25) is 4.79 Å². The second kappa shape index (κ2) is 8.08. The lowest BCUT2D eigenvalue weighted by Gasteiger charge is -2.12. The molecule has 0 unspecified atom stereocenters. The first kappa shape index (κ1) is 18.5. The van der Waals surface area contributed by atoms with Crippen molar-refractivity contribution in [1.82, 2.24) is 20.2 Å². The van der Waals surface area contributed by atoms with Crippen molar-refractivity contribution in [2.75, 3.05) is 5.32 Å². The average molecular weight is 407 g/mol. The number of benzene rings is 3. The number of hydrogen-bond acceptors (Lipinski definition) is 5. The molecule has 0 radical (unpaired) electrons. The first-order chi connectivity index (χ1) is 15.3. The monoisotopic (exact) mass is 407 g/mol. The third kappa shape index (κ3) is 3.72. The second-order valence-electron chi connectivity index (χ2n) is 6.81. The van der Waals surface area contributed by atoms with E-state index in [0.717, 1.165) is 16.3 Å². The highest BCUT2D eigenvalue weighted by molar-refractivity contribution is 6.25. The van der Waals surface area contributed by atoms with Crippen LogP contribution in [0.1, 0.15) is 5.76 Å². The van der Waals surface area contributed by atoms with E-state index < -0.39 is 0 Å². The van der Waals surface area contributed by atoms with Gasteiger partial charge in [0.05, 0.1) is 6.26 Å². The Morgan fingerprint density at radius 3 is 2.55 bits per heavy atom. The summed E-state index contributed by atoms with van der Waals surface area (Å²) in [7, 11) is 0. The predicted octanol–water partition coefficient (Wildman–Crippen LogP) is 4.72. The van der Waals surface area contributed by atoms with E-state index in [0.29, 0.717) is 17.3 Å². The van der Waals surface area contributed by atoms with Crippen molar-refractivity contribution in [3.8, 4) is 11.4 Å². The van der Waals surface area contributed by atoms with Gasteiger partial charge in [-0.2, -0.15) is 4.68 Å². The molecule has 0 fully saturated rings. The van der Waals surface area contributed by atoms with Crippen molar-refractivity contribution in [3.63, 3.8) is 0 Å². The SMILES string of the molecule is O=C(Nc1cccc2ccccc12)/C(=C/c1ccco1)n1nnnc1-c1ccccc1. The van der Waals surface area contributed by atoms with Crippen molar-refractivity contribution >= 4 is 34.1 Å². The van der Waals surface area contributed by atoms with Gasteiger partial charge in [0.15, 0.2) is 5.82 Å². The normalized spacial score (nSPS) is 11.5. The van der Waals surface area contributed by atoms with Crippen LogP contribution in [0.2, 0.25) is 0 Å². The lowest BCUT2D eigenvalue weighted by molar-refractivity contribution is -0.111. The summed E-state index contributed by atoms with van der Waals surface area (Å²) >= 11 is 0. The van der Waals surface area contributed by atoms with E-state index >= 15 is 0 Å². The first-order valence-electron chi connectivity index (χ1n) is 9.68. The maximum absolute atomic E-state index is 13.4. The Morgan fingerprint density at radius 2 is 1.71 bits per heavy atom. The summed E-state index contributed by atoms with van der Waals surface area (Å²) in [6.07, 6.45) is 3.16. The Labute approximate surface area is 177 Å². The van der Waals surface area contributed by atoms with Gasteiger partial charge in [0.1, 0.15) is 11.5 Å². The molecule has 0 bridgehead atoms. The van der Waals surface area contributed by atoms with E-state index in [1.807, 2.05) is 72.8 Å². The zero-order chi connectivity index (χ0) is 21.0. The molecular formula is C24H17N5O2. The number of hydrogen-bond donors (Lipinski definition) is 1. The molecule has 0 aliphatic rings. The summed E-state index contributed by atoms with van der Waals surface area (Å²) in [5.41, 5.74) is 1.71. The van der Waals surface area contributed by atoms with Gasteiger partial charge in [0.2, 0.25) is 0 Å². The van der Waals surface area contributed by atoms with E-state index in [1.165, 1.54) is 4.68 Å². The zero-order valence-corrected chi connectivity index (χ0v) is 16.3. The molecule has 3 aromatic carbocycles. The molecule has 7 heteroatoms. The summed E-state index contributed by atoms with van der Waals surface area (Å²) in [5, 5.41) is 17.0. The Morgan fingerprint density at radius 1 is 0.903 bits per heavy atom. The van der Waals surface area contributed by atoms with Crippen molar-refractivity contribution in [1.29, 1.82) is 0 Å². The number of carbonyl (C=O) groups excluding carboxylic acids is 1. The summed E-state index contributed by atoms with van der Waals surface area (Å²) < 4.78 is 6.85. The fourth-order valence-electron chi connectivity index (χ4n) is 3.37. The van der Waals surface area contributed by atoms with E-state index in [4.69, 9.17) is 4.42 Å². The summed E-state index contributed by atoms with van der Waals surface area (Å²) in [6.45, 7) is 0. The molecule has 5 aromatic rings. The Kier molecular flexibility index (Phi) is 4.82. The molecule has 31 heavy (non-hydrogen) atoms. The van der Waals surface area contributed by atoms with Crippen LogP contribution in [0.5, 0.6) is 0 Å². The van der Waals surface area contributed by atoms with Crippen LogP contribution in [0.15, 0.2) is 95.6 Å². The molecule has 0 aliphatic carbocycles. The summed E-state index contributed by atoms with van der Waals surface area (Å²) in [6, 6.07) is 26.6. The fraction of sp³-hybridized carbons (Fsp3) is 0. The van der Waals surface area contributed by atoms with Gasteiger partial charge < -0.3 is 9.73 Å². The van der Waals surface area contributed by atoms with Gasteiger partial charge in [-0.1, -0.05) is 66.7 Å². The number of tetrazole rings is 1. The number of fused-ring (bicyclic) bond motifs is 1. The lowest BCUT2D eigenvalue weighted by atomic mass is 10.1. The third-order valence-corrected chi connectivity index (χ3v) is 4.82. The highest BCUT2D eigenvalue weighted by Gasteiger charge is 2.20. The molecule has 0 aliphatic heterocycles. The minimum absolute atomic E-state index is 0.228.